The summed E-state index contributed by atoms with van der Waals surface area (Å²) in [4.78, 5) is 39.3. The number of fused-ring (bicyclic) bond motifs is 2. The first-order chi connectivity index (χ1) is 19.6. The lowest BCUT2D eigenvalue weighted by Crippen LogP contribution is -2.41. The Morgan fingerprint density at radius 1 is 1.05 bits per heavy atom. The second-order valence-corrected chi connectivity index (χ2v) is 13.0. The molecule has 2 N–H and O–H groups in total. The number of imidazole rings is 1. The number of rotatable bonds is 6. The van der Waals surface area contributed by atoms with Crippen molar-refractivity contribution in [3.8, 4) is 0 Å². The largest absolute Gasteiger partial charge is 0.352 e. The highest BCUT2D eigenvalue weighted by atomic mass is 16.2. The Labute approximate surface area is 244 Å². The van der Waals surface area contributed by atoms with Gasteiger partial charge in [0, 0.05) is 48.8 Å². The van der Waals surface area contributed by atoms with Gasteiger partial charge in [-0.25, -0.2) is 4.98 Å². The summed E-state index contributed by atoms with van der Waals surface area (Å²) in [5.41, 5.74) is 7.29. The number of aromatic amines is 1. The predicted octanol–water partition coefficient (Wildman–Crippen LogP) is 5.58. The summed E-state index contributed by atoms with van der Waals surface area (Å²) >= 11 is 0. The van der Waals surface area contributed by atoms with E-state index in [9.17, 15) is 9.59 Å². The number of hydrogen-bond donors (Lipinski definition) is 2. The van der Waals surface area contributed by atoms with E-state index in [2.05, 4.69) is 47.0 Å². The van der Waals surface area contributed by atoms with Gasteiger partial charge >= 0.3 is 0 Å². The molecule has 3 heterocycles. The van der Waals surface area contributed by atoms with Gasteiger partial charge in [-0.05, 0) is 93.0 Å². The number of amides is 2. The molecule has 2 aromatic carbocycles. The zero-order chi connectivity index (χ0) is 29.1. The molecule has 1 fully saturated rings. The number of carbonyl (C=O) groups is 2. The number of nitrogens with one attached hydrogen (secondary N) is 2. The predicted molar refractivity (Wildman–Crippen MR) is 164 cm³/mol. The molecule has 5 rings (SSSR count). The highest BCUT2D eigenvalue weighted by Gasteiger charge is 2.27. The van der Waals surface area contributed by atoms with Gasteiger partial charge in [-0.3, -0.25) is 9.59 Å². The molecule has 0 aliphatic carbocycles. The van der Waals surface area contributed by atoms with Crippen LogP contribution in [0.3, 0.4) is 0 Å². The first kappa shape index (κ1) is 29.1. The summed E-state index contributed by atoms with van der Waals surface area (Å²) < 4.78 is 0. The maximum absolute atomic E-state index is 13.8. The Balaban J connectivity index is 1.20. The highest BCUT2D eigenvalue weighted by molar-refractivity contribution is 6.06. The lowest BCUT2D eigenvalue weighted by molar-refractivity contribution is -0.126. The van der Waals surface area contributed by atoms with E-state index in [-0.39, 0.29) is 17.7 Å². The van der Waals surface area contributed by atoms with Gasteiger partial charge in [0.2, 0.25) is 5.91 Å². The summed E-state index contributed by atoms with van der Waals surface area (Å²) in [7, 11) is 0. The van der Waals surface area contributed by atoms with E-state index < -0.39 is 0 Å². The van der Waals surface area contributed by atoms with E-state index in [1.807, 2.05) is 55.1 Å². The van der Waals surface area contributed by atoms with E-state index in [4.69, 9.17) is 0 Å². The molecule has 7 heteroatoms. The van der Waals surface area contributed by atoms with E-state index >= 15 is 0 Å². The molecule has 0 saturated carbocycles. The SMILES string of the molecule is Cc1nc2c([nH]1)Cc1ccccc1N(C(=O)c1ccc(CNC(=O)C3CCN(CCC(C)(C)C)CC3)c(C)c1)CC2. The molecule has 0 atom stereocenters. The Hall–Kier alpha value is -3.45. The standard InChI is InChI=1S/C34H45N5O2/c1-23-20-27(10-11-28(23)22-35-32(40)25-12-16-38(17-13-25)19-15-34(3,4)5)33(41)39-18-14-29-30(37-24(2)36-29)21-26-8-6-7-9-31(26)39/h6-11,20,25H,12-19,21-22H2,1-5H3,(H,35,40)(H,36,37). The maximum Gasteiger partial charge on any atom is 0.258 e. The van der Waals surface area contributed by atoms with Crippen LogP contribution < -0.4 is 10.2 Å². The number of hydrogen-bond acceptors (Lipinski definition) is 4. The smallest absolute Gasteiger partial charge is 0.258 e. The summed E-state index contributed by atoms with van der Waals surface area (Å²) in [6.45, 7) is 15.0. The second kappa shape index (κ2) is 12.2. The van der Waals surface area contributed by atoms with Crippen molar-refractivity contribution in [1.29, 1.82) is 0 Å². The fraction of sp³-hybridized carbons (Fsp3) is 0.500. The third-order valence-electron chi connectivity index (χ3n) is 8.63. The number of anilines is 1. The van der Waals surface area contributed by atoms with Crippen molar-refractivity contribution in [1.82, 2.24) is 20.2 Å². The van der Waals surface area contributed by atoms with Crippen LogP contribution in [-0.2, 0) is 24.2 Å². The minimum atomic E-state index is -0.00920. The zero-order valence-corrected chi connectivity index (χ0v) is 25.3. The van der Waals surface area contributed by atoms with Gasteiger partial charge in [0.15, 0.2) is 0 Å². The lowest BCUT2D eigenvalue weighted by atomic mass is 9.90. The summed E-state index contributed by atoms with van der Waals surface area (Å²) in [6.07, 6.45) is 4.44. The van der Waals surface area contributed by atoms with Gasteiger partial charge in [-0.15, -0.1) is 0 Å². The molecule has 2 aliphatic rings. The number of aryl methyl sites for hydroxylation is 2. The van der Waals surface area contributed by atoms with Gasteiger partial charge in [0.1, 0.15) is 5.82 Å². The third-order valence-corrected chi connectivity index (χ3v) is 8.63. The molecule has 7 nitrogen and oxygen atoms in total. The van der Waals surface area contributed by atoms with Crippen molar-refractivity contribution in [2.24, 2.45) is 11.3 Å². The van der Waals surface area contributed by atoms with Crippen LogP contribution in [0.5, 0.6) is 0 Å². The first-order valence-corrected chi connectivity index (χ1v) is 15.1. The number of benzene rings is 2. The highest BCUT2D eigenvalue weighted by Crippen LogP contribution is 2.29. The molecule has 2 amide bonds. The number of nitrogens with zero attached hydrogens (tertiary/aromatic N) is 3. The van der Waals surface area contributed by atoms with Gasteiger partial charge in [-0.2, -0.15) is 0 Å². The lowest BCUT2D eigenvalue weighted by Gasteiger charge is -2.33. The average molecular weight is 556 g/mol. The van der Waals surface area contributed by atoms with Crippen LogP contribution in [0.25, 0.3) is 0 Å². The van der Waals surface area contributed by atoms with Crippen molar-refractivity contribution >= 4 is 17.5 Å². The second-order valence-electron chi connectivity index (χ2n) is 13.0. The molecule has 0 radical (unpaired) electrons. The molecule has 2 aliphatic heterocycles. The molecule has 0 unspecified atom stereocenters. The summed E-state index contributed by atoms with van der Waals surface area (Å²) in [5, 5.41) is 3.17. The topological polar surface area (TPSA) is 81.3 Å². The minimum Gasteiger partial charge on any atom is -0.352 e. The number of likely N-dealkylation sites (tertiary alicyclic amines) is 1. The minimum absolute atomic E-state index is 0.00920. The van der Waals surface area contributed by atoms with Gasteiger partial charge in [0.25, 0.3) is 5.91 Å². The van der Waals surface area contributed by atoms with E-state index in [1.54, 1.807) is 0 Å². The van der Waals surface area contributed by atoms with E-state index in [0.717, 1.165) is 78.5 Å². The van der Waals surface area contributed by atoms with Crippen LogP contribution in [-0.4, -0.2) is 52.9 Å². The number of piperidine rings is 1. The Morgan fingerprint density at radius 3 is 2.54 bits per heavy atom. The van der Waals surface area contributed by atoms with E-state index in [0.29, 0.717) is 30.5 Å². The quantitative estimate of drug-likeness (QED) is 0.416. The van der Waals surface area contributed by atoms with Crippen LogP contribution in [0.4, 0.5) is 5.69 Å². The van der Waals surface area contributed by atoms with Crippen LogP contribution in [0.15, 0.2) is 42.5 Å². The van der Waals surface area contributed by atoms with Gasteiger partial charge in [0.05, 0.1) is 5.69 Å². The van der Waals surface area contributed by atoms with Crippen molar-refractivity contribution in [2.75, 3.05) is 31.1 Å². The number of carbonyl (C=O) groups excluding carboxylic acids is 2. The third kappa shape index (κ3) is 7.07. The molecular weight excluding hydrogens is 510 g/mol. The molecule has 1 saturated heterocycles. The molecule has 0 bridgehead atoms. The van der Waals surface area contributed by atoms with Crippen molar-refractivity contribution < 1.29 is 9.59 Å². The molecule has 41 heavy (non-hydrogen) atoms. The number of aromatic nitrogens is 2. The Morgan fingerprint density at radius 2 is 1.80 bits per heavy atom. The normalized spacial score (nSPS) is 16.5. The Kier molecular flexibility index (Phi) is 8.64. The van der Waals surface area contributed by atoms with Crippen molar-refractivity contribution in [3.05, 3.63) is 81.9 Å². The first-order valence-electron chi connectivity index (χ1n) is 15.1. The number of para-hydroxylation sites is 1. The molecule has 218 valence electrons. The zero-order valence-electron chi connectivity index (χ0n) is 25.3. The fourth-order valence-corrected chi connectivity index (χ4v) is 6.03. The molecule has 3 aromatic rings. The Bertz CT molecular complexity index is 1390. The average Bonchev–Trinajstić information content (AvgIpc) is 3.28. The van der Waals surface area contributed by atoms with Gasteiger partial charge < -0.3 is 20.1 Å². The maximum atomic E-state index is 13.8. The van der Waals surface area contributed by atoms with Gasteiger partial charge in [-0.1, -0.05) is 45.0 Å². The van der Waals surface area contributed by atoms with Crippen molar-refractivity contribution in [2.45, 2.75) is 73.3 Å². The summed E-state index contributed by atoms with van der Waals surface area (Å²) in [5.74, 6) is 1.12. The fourth-order valence-electron chi connectivity index (χ4n) is 6.03. The van der Waals surface area contributed by atoms with Crippen LogP contribution in [0.2, 0.25) is 0 Å². The molecule has 1 aromatic heterocycles. The van der Waals surface area contributed by atoms with E-state index in [1.165, 1.54) is 6.42 Å². The molecular formula is C34H45N5O2. The monoisotopic (exact) mass is 555 g/mol. The van der Waals surface area contributed by atoms with Crippen molar-refractivity contribution in [3.63, 3.8) is 0 Å². The summed E-state index contributed by atoms with van der Waals surface area (Å²) in [6, 6.07) is 14.0. The van der Waals surface area contributed by atoms with Crippen LogP contribution >= 0.6 is 0 Å². The van der Waals surface area contributed by atoms with Crippen LogP contribution in [0, 0.1) is 25.2 Å². The molecule has 0 spiro atoms. The van der Waals surface area contributed by atoms with Crippen LogP contribution in [0.1, 0.15) is 84.3 Å². The number of H-pyrrole nitrogens is 1.